The van der Waals surface area contributed by atoms with Crippen molar-refractivity contribution in [2.45, 2.75) is 12.8 Å². The monoisotopic (exact) mass is 208 g/mol. The molecule has 0 amide bonds. The molecule has 0 unspecified atom stereocenters. The molecule has 0 radical (unpaired) electrons. The maximum absolute atomic E-state index is 5.40. The van der Waals surface area contributed by atoms with Gasteiger partial charge in [0.05, 0.1) is 6.20 Å². The van der Waals surface area contributed by atoms with Gasteiger partial charge in [0.15, 0.2) is 5.69 Å². The van der Waals surface area contributed by atoms with Crippen LogP contribution in [0.1, 0.15) is 12.3 Å². The quantitative estimate of drug-likeness (QED) is 0.672. The molecule has 0 aromatic carbocycles. The average molecular weight is 208 g/mol. The molecular weight excluding hydrogens is 196 g/mol. The van der Waals surface area contributed by atoms with Gasteiger partial charge >= 0.3 is 0 Å². The molecule has 0 aliphatic carbocycles. The first-order valence-electron chi connectivity index (χ1n) is 4.73. The van der Waals surface area contributed by atoms with Crippen molar-refractivity contribution in [3.63, 3.8) is 0 Å². The highest BCUT2D eigenvalue weighted by Gasteiger charge is 2.09. The van der Waals surface area contributed by atoms with Gasteiger partial charge < -0.3 is 9.73 Å². The van der Waals surface area contributed by atoms with Crippen molar-refractivity contribution in [2.75, 3.05) is 13.6 Å². The summed E-state index contributed by atoms with van der Waals surface area (Å²) in [6.45, 7) is 0.932. The van der Waals surface area contributed by atoms with Crippen LogP contribution in [-0.4, -0.2) is 39.2 Å². The van der Waals surface area contributed by atoms with Crippen molar-refractivity contribution >= 4 is 0 Å². The number of H-pyrrole nitrogens is 1. The van der Waals surface area contributed by atoms with Gasteiger partial charge in [-0.15, -0.1) is 10.2 Å². The number of nitrogens with one attached hydrogen (secondary N) is 2. The Hall–Kier alpha value is -1.76. The van der Waals surface area contributed by atoms with E-state index in [4.69, 9.17) is 4.42 Å². The van der Waals surface area contributed by atoms with Crippen LogP contribution in [0.3, 0.4) is 0 Å². The second-order valence-electron chi connectivity index (χ2n) is 3.06. The molecule has 7 heteroatoms. The van der Waals surface area contributed by atoms with Crippen molar-refractivity contribution in [1.29, 1.82) is 0 Å². The molecule has 2 N–H and O–H groups in total. The Kier molecular flexibility index (Phi) is 3.03. The SMILES string of the molecule is CNCCCc1nnc(-c2cn[nH]n2)o1. The molecule has 2 rings (SSSR count). The summed E-state index contributed by atoms with van der Waals surface area (Å²) < 4.78 is 5.40. The molecule has 2 aromatic rings. The van der Waals surface area contributed by atoms with Crippen LogP contribution in [0.4, 0.5) is 0 Å². The predicted molar refractivity (Wildman–Crippen MR) is 51.9 cm³/mol. The third kappa shape index (κ3) is 2.38. The topological polar surface area (TPSA) is 92.5 Å². The zero-order valence-electron chi connectivity index (χ0n) is 8.40. The Labute approximate surface area is 86.3 Å². The van der Waals surface area contributed by atoms with Crippen LogP contribution in [0.25, 0.3) is 11.6 Å². The molecule has 2 heterocycles. The lowest BCUT2D eigenvalue weighted by molar-refractivity contribution is 0.493. The van der Waals surface area contributed by atoms with E-state index >= 15 is 0 Å². The van der Waals surface area contributed by atoms with Gasteiger partial charge in [0.1, 0.15) is 0 Å². The Bertz CT molecular complexity index is 395. The fourth-order valence-electron chi connectivity index (χ4n) is 1.18. The number of aromatic nitrogens is 5. The lowest BCUT2D eigenvalue weighted by Crippen LogP contribution is -2.08. The van der Waals surface area contributed by atoms with Gasteiger partial charge in [0.2, 0.25) is 5.89 Å². The van der Waals surface area contributed by atoms with Gasteiger partial charge in [-0.25, -0.2) is 0 Å². The molecule has 0 aliphatic heterocycles. The van der Waals surface area contributed by atoms with E-state index in [9.17, 15) is 0 Å². The zero-order chi connectivity index (χ0) is 10.5. The summed E-state index contributed by atoms with van der Waals surface area (Å²) in [5.41, 5.74) is 0.572. The minimum Gasteiger partial charge on any atom is -0.419 e. The molecule has 0 atom stereocenters. The average Bonchev–Trinajstić information content (AvgIpc) is 2.87. The van der Waals surface area contributed by atoms with Crippen molar-refractivity contribution in [1.82, 2.24) is 30.9 Å². The van der Waals surface area contributed by atoms with E-state index in [0.717, 1.165) is 19.4 Å². The van der Waals surface area contributed by atoms with Gasteiger partial charge in [-0.05, 0) is 20.0 Å². The Morgan fingerprint density at radius 2 is 2.40 bits per heavy atom. The summed E-state index contributed by atoms with van der Waals surface area (Å²) in [5, 5.41) is 20.9. The first kappa shape index (κ1) is 9.78. The molecule has 0 saturated carbocycles. The highest BCUT2D eigenvalue weighted by atomic mass is 16.4. The van der Waals surface area contributed by atoms with Crippen LogP contribution in [0.2, 0.25) is 0 Å². The standard InChI is InChI=1S/C8H12N6O/c1-9-4-2-3-7-12-13-8(15-7)6-5-10-14-11-6/h5,9H,2-4H2,1H3,(H,10,11,14). The molecule has 0 fully saturated rings. The Morgan fingerprint density at radius 3 is 3.13 bits per heavy atom. The first-order chi connectivity index (χ1) is 7.40. The van der Waals surface area contributed by atoms with Gasteiger partial charge in [0.25, 0.3) is 5.89 Å². The highest BCUT2D eigenvalue weighted by molar-refractivity contribution is 5.42. The number of hydrogen-bond acceptors (Lipinski definition) is 6. The van der Waals surface area contributed by atoms with Gasteiger partial charge in [0, 0.05) is 6.42 Å². The molecule has 0 spiro atoms. The van der Waals surface area contributed by atoms with Crippen LogP contribution in [0, 0.1) is 0 Å². The fraction of sp³-hybridized carbons (Fsp3) is 0.500. The second kappa shape index (κ2) is 4.65. The Balaban J connectivity index is 1.98. The third-order valence-electron chi connectivity index (χ3n) is 1.92. The number of aromatic amines is 1. The van der Waals surface area contributed by atoms with Crippen molar-refractivity contribution in [3.05, 3.63) is 12.1 Å². The molecule has 15 heavy (non-hydrogen) atoms. The van der Waals surface area contributed by atoms with E-state index in [1.165, 1.54) is 0 Å². The second-order valence-corrected chi connectivity index (χ2v) is 3.06. The molecule has 0 aliphatic rings. The lowest BCUT2D eigenvalue weighted by atomic mass is 10.3. The third-order valence-corrected chi connectivity index (χ3v) is 1.92. The van der Waals surface area contributed by atoms with E-state index in [-0.39, 0.29) is 0 Å². The molecule has 0 bridgehead atoms. The van der Waals surface area contributed by atoms with Gasteiger partial charge in [-0.3, -0.25) is 0 Å². The van der Waals surface area contributed by atoms with Crippen molar-refractivity contribution < 1.29 is 4.42 Å². The molecule has 7 nitrogen and oxygen atoms in total. The van der Waals surface area contributed by atoms with Crippen LogP contribution >= 0.6 is 0 Å². The summed E-state index contributed by atoms with van der Waals surface area (Å²) in [6, 6.07) is 0. The number of aryl methyl sites for hydroxylation is 1. The number of nitrogens with zero attached hydrogens (tertiary/aromatic N) is 4. The summed E-state index contributed by atoms with van der Waals surface area (Å²) >= 11 is 0. The summed E-state index contributed by atoms with van der Waals surface area (Å²) in [4.78, 5) is 0. The van der Waals surface area contributed by atoms with Crippen molar-refractivity contribution in [3.8, 4) is 11.6 Å². The zero-order valence-corrected chi connectivity index (χ0v) is 8.40. The number of hydrogen-bond donors (Lipinski definition) is 2. The smallest absolute Gasteiger partial charge is 0.269 e. The minimum atomic E-state index is 0.406. The van der Waals surface area contributed by atoms with Gasteiger partial charge in [-0.2, -0.15) is 15.4 Å². The summed E-state index contributed by atoms with van der Waals surface area (Å²) in [7, 11) is 1.91. The van der Waals surface area contributed by atoms with Crippen LogP contribution < -0.4 is 5.32 Å². The molecule has 0 saturated heterocycles. The van der Waals surface area contributed by atoms with Gasteiger partial charge in [-0.1, -0.05) is 0 Å². The van der Waals surface area contributed by atoms with E-state index in [0.29, 0.717) is 17.5 Å². The van der Waals surface area contributed by atoms with E-state index in [1.54, 1.807) is 6.20 Å². The lowest BCUT2D eigenvalue weighted by Gasteiger charge is -1.93. The highest BCUT2D eigenvalue weighted by Crippen LogP contribution is 2.13. The van der Waals surface area contributed by atoms with Crippen molar-refractivity contribution in [2.24, 2.45) is 0 Å². The largest absolute Gasteiger partial charge is 0.419 e. The van der Waals surface area contributed by atoms with Crippen LogP contribution in [0.5, 0.6) is 0 Å². The molecule has 80 valence electrons. The van der Waals surface area contributed by atoms with Crippen LogP contribution in [-0.2, 0) is 6.42 Å². The molecular formula is C8H12N6O. The van der Waals surface area contributed by atoms with Crippen LogP contribution in [0.15, 0.2) is 10.6 Å². The molecule has 2 aromatic heterocycles. The number of rotatable bonds is 5. The summed E-state index contributed by atoms with van der Waals surface area (Å²) in [6.07, 6.45) is 3.29. The van der Waals surface area contributed by atoms with E-state index < -0.39 is 0 Å². The predicted octanol–water partition coefficient (Wildman–Crippen LogP) is 0.00670. The fourth-order valence-corrected chi connectivity index (χ4v) is 1.18. The maximum Gasteiger partial charge on any atom is 0.269 e. The Morgan fingerprint density at radius 1 is 1.47 bits per heavy atom. The van der Waals surface area contributed by atoms with E-state index in [2.05, 4.69) is 30.9 Å². The maximum atomic E-state index is 5.40. The van der Waals surface area contributed by atoms with E-state index in [1.807, 2.05) is 7.05 Å². The summed E-state index contributed by atoms with van der Waals surface area (Å²) in [5.74, 6) is 1.03. The first-order valence-corrected chi connectivity index (χ1v) is 4.73. The minimum absolute atomic E-state index is 0.406. The normalized spacial score (nSPS) is 10.7.